The van der Waals surface area contributed by atoms with E-state index in [0.29, 0.717) is 17.9 Å². The minimum absolute atomic E-state index is 0.0577. The normalized spacial score (nSPS) is 14.6. The van der Waals surface area contributed by atoms with Crippen LogP contribution in [0.3, 0.4) is 0 Å². The molecule has 0 aliphatic carbocycles. The van der Waals surface area contributed by atoms with Crippen LogP contribution in [0.4, 0.5) is 0 Å². The minimum atomic E-state index is 0.0577. The smallest absolute Gasteiger partial charge is 0.243 e. The molecule has 1 amide bonds. The van der Waals surface area contributed by atoms with Gasteiger partial charge in [0.15, 0.2) is 6.29 Å². The number of nitrogens with zero attached hydrogens (tertiary/aromatic N) is 2. The molecular weight excluding hydrogens is 472 g/mol. The number of aryl methyl sites for hydroxylation is 1. The first-order valence-electron chi connectivity index (χ1n) is 12.0. The van der Waals surface area contributed by atoms with Crippen molar-refractivity contribution in [2.24, 2.45) is 0 Å². The van der Waals surface area contributed by atoms with Gasteiger partial charge < -0.3 is 14.2 Å². The summed E-state index contributed by atoms with van der Waals surface area (Å²) in [7, 11) is 1.61. The number of amides is 1. The largest absolute Gasteiger partial charge is 0.497 e. The number of fused-ring (bicyclic) bond motifs is 2. The number of halogens is 1. The van der Waals surface area contributed by atoms with Crippen LogP contribution in [0.2, 0.25) is 5.02 Å². The van der Waals surface area contributed by atoms with Gasteiger partial charge in [0.05, 0.1) is 12.6 Å². The molecule has 2 heterocycles. The molecule has 0 radical (unpaired) electrons. The van der Waals surface area contributed by atoms with Crippen LogP contribution in [0.1, 0.15) is 39.7 Å². The summed E-state index contributed by atoms with van der Waals surface area (Å²) in [5.74, 6) is 0.763. The number of benzene rings is 3. The third kappa shape index (κ3) is 5.31. The van der Waals surface area contributed by atoms with Gasteiger partial charge in [0, 0.05) is 40.3 Å². The molecule has 5 nitrogen and oxygen atoms in total. The lowest BCUT2D eigenvalue weighted by molar-refractivity contribution is -0.134. The molecule has 1 atom stereocenters. The van der Waals surface area contributed by atoms with Crippen molar-refractivity contribution in [1.29, 1.82) is 0 Å². The Bertz CT molecular complexity index is 1370. The van der Waals surface area contributed by atoms with Gasteiger partial charge in [-0.15, -0.1) is 0 Å². The van der Waals surface area contributed by atoms with Crippen LogP contribution in [0.15, 0.2) is 66.7 Å². The second kappa shape index (κ2) is 11.0. The van der Waals surface area contributed by atoms with Crippen LogP contribution in [-0.2, 0) is 24.3 Å². The molecule has 186 valence electrons. The highest BCUT2D eigenvalue weighted by Gasteiger charge is 2.27. The molecule has 1 unspecified atom stereocenters. The summed E-state index contributed by atoms with van der Waals surface area (Å²) in [6.45, 7) is 6.84. The average Bonchev–Trinajstić information content (AvgIpc) is 3.15. The maximum Gasteiger partial charge on any atom is 0.243 e. The zero-order valence-corrected chi connectivity index (χ0v) is 21.9. The van der Waals surface area contributed by atoms with Gasteiger partial charge in [-0.1, -0.05) is 53.6 Å². The molecule has 0 bridgehead atoms. The quantitative estimate of drug-likeness (QED) is 0.304. The fraction of sp³-hybridized carbons (Fsp3) is 0.267. The Kier molecular flexibility index (Phi) is 7.80. The third-order valence-electron chi connectivity index (χ3n) is 6.83. The highest BCUT2D eigenvalue weighted by atomic mass is 35.5. The zero-order valence-electron chi connectivity index (χ0n) is 21.1. The van der Waals surface area contributed by atoms with E-state index in [-0.39, 0.29) is 18.5 Å². The first kappa shape index (κ1) is 25.5. The van der Waals surface area contributed by atoms with E-state index in [0.717, 1.165) is 34.3 Å². The van der Waals surface area contributed by atoms with Gasteiger partial charge in [-0.05, 0) is 62.6 Å². The molecule has 0 saturated heterocycles. The number of carbonyl (C=O) groups excluding carboxylic acids is 2. The predicted molar refractivity (Wildman–Crippen MR) is 145 cm³/mol. The number of methoxy groups -OCH3 is 1. The van der Waals surface area contributed by atoms with E-state index in [1.165, 1.54) is 16.7 Å². The van der Waals surface area contributed by atoms with Gasteiger partial charge in [-0.25, -0.2) is 0 Å². The molecule has 5 rings (SSSR count). The van der Waals surface area contributed by atoms with E-state index >= 15 is 0 Å². The molecule has 6 heteroatoms. The molecule has 1 aliphatic heterocycles. The maximum absolute atomic E-state index is 13.2. The van der Waals surface area contributed by atoms with Gasteiger partial charge in [0.2, 0.25) is 5.91 Å². The Balaban J connectivity index is 0.000000325. The highest BCUT2D eigenvalue weighted by Crippen LogP contribution is 2.29. The number of aromatic nitrogens is 1. The molecule has 0 fully saturated rings. The summed E-state index contributed by atoms with van der Waals surface area (Å²) >= 11 is 5.61. The highest BCUT2D eigenvalue weighted by molar-refractivity contribution is 6.30. The first-order chi connectivity index (χ1) is 17.3. The summed E-state index contributed by atoms with van der Waals surface area (Å²) in [6.07, 6.45) is 1.73. The molecule has 0 saturated carbocycles. The molecule has 3 aromatic carbocycles. The molecule has 1 aromatic heterocycles. The van der Waals surface area contributed by atoms with E-state index in [9.17, 15) is 9.59 Å². The van der Waals surface area contributed by atoms with Crippen molar-refractivity contribution in [3.8, 4) is 5.75 Å². The van der Waals surface area contributed by atoms with Crippen molar-refractivity contribution >= 4 is 34.7 Å². The van der Waals surface area contributed by atoms with Crippen molar-refractivity contribution < 1.29 is 14.3 Å². The Morgan fingerprint density at radius 2 is 1.75 bits per heavy atom. The summed E-state index contributed by atoms with van der Waals surface area (Å²) in [5, 5.41) is 1.65. The van der Waals surface area contributed by atoms with E-state index in [4.69, 9.17) is 16.3 Å². The predicted octanol–water partition coefficient (Wildman–Crippen LogP) is 6.39. The standard InChI is InChI=1S/C23H24N2O3.C7H7Cl/c1-15-10-17-6-4-5-7-18(17)12-24(15)23(27)13-25-16(2)21(14-26)20-9-8-19(28-3)11-22(20)25;1-6-2-4-7(8)5-3-6/h4-9,11,14-15H,10,12-13H2,1-3H3;2-5H,1H3. The number of aldehydes is 1. The van der Waals surface area contributed by atoms with E-state index in [1.54, 1.807) is 7.11 Å². The Hall–Kier alpha value is -3.57. The fourth-order valence-corrected chi connectivity index (χ4v) is 4.86. The summed E-state index contributed by atoms with van der Waals surface area (Å²) in [4.78, 5) is 26.8. The summed E-state index contributed by atoms with van der Waals surface area (Å²) < 4.78 is 7.27. The lowest BCUT2D eigenvalue weighted by Crippen LogP contribution is -2.44. The summed E-state index contributed by atoms with van der Waals surface area (Å²) in [6, 6.07) is 21.8. The molecule has 0 N–H and O–H groups in total. The number of hydrogen-bond donors (Lipinski definition) is 0. The van der Waals surface area contributed by atoms with Crippen LogP contribution in [-0.4, -0.2) is 34.8 Å². The molecule has 0 spiro atoms. The van der Waals surface area contributed by atoms with Crippen molar-refractivity contribution in [3.63, 3.8) is 0 Å². The summed E-state index contributed by atoms with van der Waals surface area (Å²) in [5.41, 5.74) is 6.04. The lowest BCUT2D eigenvalue weighted by Gasteiger charge is -2.35. The molecule has 1 aliphatic rings. The number of hydrogen-bond acceptors (Lipinski definition) is 3. The van der Waals surface area contributed by atoms with Crippen molar-refractivity contribution in [3.05, 3.63) is 99.7 Å². The minimum Gasteiger partial charge on any atom is -0.497 e. The number of rotatable bonds is 4. The Labute approximate surface area is 217 Å². The zero-order chi connectivity index (χ0) is 25.8. The van der Waals surface area contributed by atoms with Gasteiger partial charge in [0.25, 0.3) is 0 Å². The van der Waals surface area contributed by atoms with E-state index in [1.807, 2.05) is 77.9 Å². The van der Waals surface area contributed by atoms with Crippen LogP contribution in [0.25, 0.3) is 10.9 Å². The monoisotopic (exact) mass is 502 g/mol. The van der Waals surface area contributed by atoms with Crippen LogP contribution in [0.5, 0.6) is 5.75 Å². The van der Waals surface area contributed by atoms with Crippen molar-refractivity contribution in [2.45, 2.75) is 46.3 Å². The second-order valence-electron chi connectivity index (χ2n) is 9.23. The van der Waals surface area contributed by atoms with E-state index < -0.39 is 0 Å². The topological polar surface area (TPSA) is 51.5 Å². The average molecular weight is 503 g/mol. The number of carbonyl (C=O) groups is 2. The third-order valence-corrected chi connectivity index (χ3v) is 7.08. The fourth-order valence-electron chi connectivity index (χ4n) is 4.73. The van der Waals surface area contributed by atoms with Crippen molar-refractivity contribution in [1.82, 2.24) is 9.47 Å². The Morgan fingerprint density at radius 3 is 2.39 bits per heavy atom. The second-order valence-corrected chi connectivity index (χ2v) is 9.66. The van der Waals surface area contributed by atoms with Crippen LogP contribution < -0.4 is 4.74 Å². The Morgan fingerprint density at radius 1 is 1.06 bits per heavy atom. The van der Waals surface area contributed by atoms with Gasteiger partial charge in [0.1, 0.15) is 12.3 Å². The SMILES string of the molecule is COc1ccc2c(C=O)c(C)n(CC(=O)N3Cc4ccccc4CC3C)c2c1.Cc1ccc(Cl)cc1. The van der Waals surface area contributed by atoms with Gasteiger partial charge in [-0.3, -0.25) is 9.59 Å². The first-order valence-corrected chi connectivity index (χ1v) is 12.4. The van der Waals surface area contributed by atoms with Crippen LogP contribution >= 0.6 is 11.6 Å². The van der Waals surface area contributed by atoms with Gasteiger partial charge >= 0.3 is 0 Å². The van der Waals surface area contributed by atoms with Crippen LogP contribution in [0, 0.1) is 13.8 Å². The molecule has 36 heavy (non-hydrogen) atoms. The number of ether oxygens (including phenoxy) is 1. The maximum atomic E-state index is 13.2. The van der Waals surface area contributed by atoms with Gasteiger partial charge in [-0.2, -0.15) is 0 Å². The van der Waals surface area contributed by atoms with Crippen molar-refractivity contribution in [2.75, 3.05) is 7.11 Å². The van der Waals surface area contributed by atoms with E-state index in [2.05, 4.69) is 19.1 Å². The molecular formula is C30H31ClN2O3. The lowest BCUT2D eigenvalue weighted by atomic mass is 9.95. The molecule has 4 aromatic rings.